The van der Waals surface area contributed by atoms with Gasteiger partial charge in [0.2, 0.25) is 0 Å². The molecule has 4 nitrogen and oxygen atoms in total. The summed E-state index contributed by atoms with van der Waals surface area (Å²) in [5.41, 5.74) is 1.43. The van der Waals surface area contributed by atoms with Gasteiger partial charge in [-0.15, -0.1) is 0 Å². The summed E-state index contributed by atoms with van der Waals surface area (Å²) in [6, 6.07) is 7.57. The third-order valence-corrected chi connectivity index (χ3v) is 4.23. The largest absolute Gasteiger partial charge is 0.496 e. The number of fused-ring (bicyclic) bond motifs is 1. The van der Waals surface area contributed by atoms with Crippen LogP contribution in [-0.2, 0) is 4.74 Å². The maximum absolute atomic E-state index is 13.1. The van der Waals surface area contributed by atoms with E-state index in [2.05, 4.69) is 18.8 Å². The van der Waals surface area contributed by atoms with Gasteiger partial charge in [0, 0.05) is 29.0 Å². The van der Waals surface area contributed by atoms with Crippen LogP contribution < -0.4 is 20.7 Å². The first-order valence-electron chi connectivity index (χ1n) is 8.38. The van der Waals surface area contributed by atoms with Gasteiger partial charge in [0.1, 0.15) is 11.5 Å². The molecule has 1 atom stereocenters. The van der Waals surface area contributed by atoms with Gasteiger partial charge in [0.25, 0.3) is 0 Å². The summed E-state index contributed by atoms with van der Waals surface area (Å²) < 4.78 is 11.3. The van der Waals surface area contributed by atoms with Crippen molar-refractivity contribution < 1.29 is 9.47 Å². The molecule has 1 aromatic heterocycles. The number of aromatic amines is 1. The number of pyridine rings is 1. The van der Waals surface area contributed by atoms with Crippen molar-refractivity contribution in [2.45, 2.75) is 26.7 Å². The van der Waals surface area contributed by atoms with Crippen LogP contribution >= 0.6 is 0 Å². The van der Waals surface area contributed by atoms with Crippen molar-refractivity contribution in [1.82, 2.24) is 4.98 Å². The minimum atomic E-state index is 0.0115. The third-order valence-electron chi connectivity index (χ3n) is 4.23. The molecule has 0 bridgehead atoms. The number of benzene rings is 1. The number of H-pyrrole nitrogens is 1. The van der Waals surface area contributed by atoms with E-state index in [9.17, 15) is 4.79 Å². The fourth-order valence-corrected chi connectivity index (χ4v) is 3.10. The first-order valence-corrected chi connectivity index (χ1v) is 8.38. The molecule has 0 amide bonds. The third kappa shape index (κ3) is 2.96. The van der Waals surface area contributed by atoms with E-state index >= 15 is 0 Å². The summed E-state index contributed by atoms with van der Waals surface area (Å²) >= 11 is 0. The minimum absolute atomic E-state index is 0.0115. The van der Waals surface area contributed by atoms with Crippen molar-refractivity contribution >= 4 is 11.8 Å². The molecule has 1 aromatic carbocycles. The van der Waals surface area contributed by atoms with Crippen molar-refractivity contribution in [3.05, 3.63) is 51.3 Å². The van der Waals surface area contributed by atoms with E-state index in [4.69, 9.17) is 9.47 Å². The quantitative estimate of drug-likeness (QED) is 0.918. The molecular formula is C20H23NO3. The number of aromatic nitrogens is 1. The molecule has 1 unspecified atom stereocenters. The Labute approximate surface area is 141 Å². The lowest BCUT2D eigenvalue weighted by Crippen LogP contribution is -2.45. The highest BCUT2D eigenvalue weighted by Crippen LogP contribution is 2.26. The van der Waals surface area contributed by atoms with E-state index in [0.29, 0.717) is 23.1 Å². The fourth-order valence-electron chi connectivity index (χ4n) is 3.10. The van der Waals surface area contributed by atoms with E-state index < -0.39 is 0 Å². The number of rotatable bonds is 5. The van der Waals surface area contributed by atoms with Gasteiger partial charge >= 0.3 is 0 Å². The SMILES string of the molecule is CCCOC1=c2[nH]cc(-c3ccccc3OC)c(=O)c2=CC(C)C1. The lowest BCUT2D eigenvalue weighted by atomic mass is 9.97. The molecule has 1 heterocycles. The molecule has 0 fully saturated rings. The average molecular weight is 325 g/mol. The van der Waals surface area contributed by atoms with Crippen molar-refractivity contribution in [2.75, 3.05) is 13.7 Å². The Bertz CT molecular complexity index is 911. The number of methoxy groups -OCH3 is 1. The molecular weight excluding hydrogens is 302 g/mol. The number of hydrogen-bond acceptors (Lipinski definition) is 3. The molecule has 126 valence electrons. The van der Waals surface area contributed by atoms with Crippen LogP contribution in [0.15, 0.2) is 35.3 Å². The average Bonchev–Trinajstić information content (AvgIpc) is 2.60. The second kappa shape index (κ2) is 6.95. The molecule has 0 spiro atoms. The van der Waals surface area contributed by atoms with E-state index in [-0.39, 0.29) is 11.3 Å². The van der Waals surface area contributed by atoms with Crippen LogP contribution in [0.2, 0.25) is 0 Å². The zero-order chi connectivity index (χ0) is 17.1. The first-order chi connectivity index (χ1) is 11.7. The summed E-state index contributed by atoms with van der Waals surface area (Å²) in [6.45, 7) is 4.85. The molecule has 2 aromatic rings. The maximum Gasteiger partial charge on any atom is 0.197 e. The summed E-state index contributed by atoms with van der Waals surface area (Å²) in [7, 11) is 1.62. The number of hydrogen-bond donors (Lipinski definition) is 1. The second-order valence-corrected chi connectivity index (χ2v) is 6.14. The summed E-state index contributed by atoms with van der Waals surface area (Å²) in [6.07, 6.45) is 5.56. The van der Waals surface area contributed by atoms with Crippen LogP contribution in [-0.4, -0.2) is 18.7 Å². The molecule has 1 aliphatic rings. The summed E-state index contributed by atoms with van der Waals surface area (Å²) in [4.78, 5) is 16.4. The van der Waals surface area contributed by atoms with Crippen LogP contribution in [0, 0.1) is 5.92 Å². The van der Waals surface area contributed by atoms with Crippen molar-refractivity contribution in [3.8, 4) is 16.9 Å². The van der Waals surface area contributed by atoms with Crippen LogP contribution in [0.1, 0.15) is 26.7 Å². The molecule has 0 saturated heterocycles. The van der Waals surface area contributed by atoms with E-state index in [0.717, 1.165) is 29.5 Å². The van der Waals surface area contributed by atoms with Gasteiger partial charge in [0.15, 0.2) is 5.43 Å². The van der Waals surface area contributed by atoms with Crippen LogP contribution in [0.4, 0.5) is 0 Å². The molecule has 4 heteroatoms. The van der Waals surface area contributed by atoms with Gasteiger partial charge in [-0.25, -0.2) is 0 Å². The molecule has 1 N–H and O–H groups in total. The summed E-state index contributed by atoms with van der Waals surface area (Å²) in [5.74, 6) is 1.85. The lowest BCUT2D eigenvalue weighted by molar-refractivity contribution is 0.256. The van der Waals surface area contributed by atoms with E-state index in [1.807, 2.05) is 30.3 Å². The Morgan fingerprint density at radius 3 is 2.79 bits per heavy atom. The predicted molar refractivity (Wildman–Crippen MR) is 96.2 cm³/mol. The van der Waals surface area contributed by atoms with Gasteiger partial charge in [-0.3, -0.25) is 4.79 Å². The zero-order valence-electron chi connectivity index (χ0n) is 14.4. The van der Waals surface area contributed by atoms with Crippen molar-refractivity contribution in [2.24, 2.45) is 5.92 Å². The predicted octanol–water partition coefficient (Wildman–Crippen LogP) is 2.41. The number of para-hydroxylation sites is 1. The Hall–Kier alpha value is -2.49. The minimum Gasteiger partial charge on any atom is -0.496 e. The van der Waals surface area contributed by atoms with E-state index in [1.54, 1.807) is 13.3 Å². The zero-order valence-corrected chi connectivity index (χ0v) is 14.4. The number of nitrogens with one attached hydrogen (secondary N) is 1. The van der Waals surface area contributed by atoms with Gasteiger partial charge in [-0.05, 0) is 18.4 Å². The highest BCUT2D eigenvalue weighted by molar-refractivity contribution is 5.70. The van der Waals surface area contributed by atoms with Crippen molar-refractivity contribution in [1.29, 1.82) is 0 Å². The topological polar surface area (TPSA) is 51.3 Å². The molecule has 24 heavy (non-hydrogen) atoms. The van der Waals surface area contributed by atoms with Crippen LogP contribution in [0.5, 0.6) is 5.75 Å². The molecule has 1 aliphatic carbocycles. The van der Waals surface area contributed by atoms with Gasteiger partial charge < -0.3 is 14.5 Å². The van der Waals surface area contributed by atoms with Gasteiger partial charge in [-0.2, -0.15) is 0 Å². The highest BCUT2D eigenvalue weighted by Gasteiger charge is 2.17. The Morgan fingerprint density at radius 1 is 1.25 bits per heavy atom. The normalized spacial score (nSPS) is 16.3. The Morgan fingerprint density at radius 2 is 2.04 bits per heavy atom. The highest BCUT2D eigenvalue weighted by atomic mass is 16.5. The monoisotopic (exact) mass is 325 g/mol. The molecule has 0 radical (unpaired) electrons. The lowest BCUT2D eigenvalue weighted by Gasteiger charge is -2.17. The number of ether oxygens (including phenoxy) is 2. The van der Waals surface area contributed by atoms with Gasteiger partial charge in [-0.1, -0.05) is 38.1 Å². The van der Waals surface area contributed by atoms with Crippen LogP contribution in [0.25, 0.3) is 23.0 Å². The standard InChI is InChI=1S/C20H23NO3/c1-4-9-24-18-11-13(2)10-15-19(18)21-12-16(20(15)22)14-7-5-6-8-17(14)23-3/h5-8,10,12-13,21H,4,9,11H2,1-3H3. The molecule has 3 rings (SSSR count). The molecule has 0 saturated carbocycles. The van der Waals surface area contributed by atoms with Crippen LogP contribution in [0.3, 0.4) is 0 Å². The Kier molecular flexibility index (Phi) is 4.74. The van der Waals surface area contributed by atoms with E-state index in [1.165, 1.54) is 0 Å². The van der Waals surface area contributed by atoms with Gasteiger partial charge in [0.05, 0.1) is 19.1 Å². The second-order valence-electron chi connectivity index (χ2n) is 6.14. The Balaban J connectivity index is 2.23. The fraction of sp³-hybridized carbons (Fsp3) is 0.350. The first kappa shape index (κ1) is 16.4. The van der Waals surface area contributed by atoms with Crippen molar-refractivity contribution in [3.63, 3.8) is 0 Å². The maximum atomic E-state index is 13.1. The summed E-state index contributed by atoms with van der Waals surface area (Å²) in [5, 5.41) is 1.51. The molecule has 0 aliphatic heterocycles. The smallest absolute Gasteiger partial charge is 0.197 e.